The Kier molecular flexibility index (Phi) is 1.93. The lowest BCUT2D eigenvalue weighted by Gasteiger charge is -2.57. The standard InChI is InChI=1S/C13H20O2/c1-13-7-8-3-2-4-10(13)9(6-12(14)15)11(13)5-8/h8-11H,2-7H2,1H3,(H,14,15)/t8?,9-,10?,11-,13+/m0/s1. The summed E-state index contributed by atoms with van der Waals surface area (Å²) in [6, 6.07) is 0. The normalized spacial score (nSPS) is 52.1. The summed E-state index contributed by atoms with van der Waals surface area (Å²) < 4.78 is 0. The second kappa shape index (κ2) is 2.99. The molecule has 0 aromatic rings. The first-order chi connectivity index (χ1) is 7.11. The van der Waals surface area contributed by atoms with E-state index in [9.17, 15) is 4.79 Å². The van der Waals surface area contributed by atoms with Crippen LogP contribution in [-0.2, 0) is 4.79 Å². The smallest absolute Gasteiger partial charge is 0.303 e. The summed E-state index contributed by atoms with van der Waals surface area (Å²) in [5.41, 5.74) is 0.529. The number of carboxylic acids is 1. The van der Waals surface area contributed by atoms with Gasteiger partial charge < -0.3 is 5.11 Å². The molecule has 1 N–H and O–H groups in total. The van der Waals surface area contributed by atoms with Crippen molar-refractivity contribution in [1.29, 1.82) is 0 Å². The molecule has 2 nitrogen and oxygen atoms in total. The van der Waals surface area contributed by atoms with E-state index in [0.29, 0.717) is 17.8 Å². The molecule has 5 atom stereocenters. The third-order valence-electron chi connectivity index (χ3n) is 5.58. The lowest BCUT2D eigenvalue weighted by Crippen LogP contribution is -2.52. The lowest BCUT2D eigenvalue weighted by atomic mass is 9.47. The maximum atomic E-state index is 10.9. The molecule has 0 aromatic carbocycles. The Bertz CT molecular complexity index is 299. The third-order valence-corrected chi connectivity index (χ3v) is 5.58. The van der Waals surface area contributed by atoms with E-state index < -0.39 is 5.97 Å². The van der Waals surface area contributed by atoms with Crippen LogP contribution in [0.15, 0.2) is 0 Å². The van der Waals surface area contributed by atoms with Crippen LogP contribution in [-0.4, -0.2) is 11.1 Å². The van der Waals surface area contributed by atoms with Crippen molar-refractivity contribution in [3.8, 4) is 0 Å². The summed E-state index contributed by atoms with van der Waals surface area (Å²) in [4.78, 5) is 10.9. The van der Waals surface area contributed by atoms with Gasteiger partial charge in [-0.25, -0.2) is 0 Å². The fourth-order valence-electron chi connectivity index (χ4n) is 5.10. The van der Waals surface area contributed by atoms with Crippen LogP contribution in [0.1, 0.15) is 45.4 Å². The number of hydrogen-bond donors (Lipinski definition) is 1. The summed E-state index contributed by atoms with van der Waals surface area (Å²) in [5, 5.41) is 8.95. The van der Waals surface area contributed by atoms with E-state index in [-0.39, 0.29) is 0 Å². The average Bonchev–Trinajstić information content (AvgIpc) is 2.32. The molecular weight excluding hydrogens is 188 g/mol. The predicted octanol–water partition coefficient (Wildman–Crippen LogP) is 2.92. The Morgan fingerprint density at radius 1 is 1.40 bits per heavy atom. The minimum Gasteiger partial charge on any atom is -0.481 e. The SMILES string of the molecule is C[C@@]12CC3CCCC1[C@H](CC(=O)O)[C@@H]2C3. The first-order valence-corrected chi connectivity index (χ1v) is 6.33. The highest BCUT2D eigenvalue weighted by Crippen LogP contribution is 2.70. The molecule has 3 aliphatic carbocycles. The molecule has 2 heteroatoms. The van der Waals surface area contributed by atoms with Gasteiger partial charge in [-0.3, -0.25) is 4.79 Å². The number of carbonyl (C=O) groups is 1. The number of fused-ring (bicyclic) bond motifs is 1. The highest BCUT2D eigenvalue weighted by atomic mass is 16.4. The van der Waals surface area contributed by atoms with Gasteiger partial charge in [0.05, 0.1) is 0 Å². The molecule has 3 saturated carbocycles. The summed E-state index contributed by atoms with van der Waals surface area (Å²) in [6.45, 7) is 2.42. The Balaban J connectivity index is 1.83. The number of rotatable bonds is 2. The molecule has 2 bridgehead atoms. The van der Waals surface area contributed by atoms with Crippen molar-refractivity contribution in [2.45, 2.75) is 45.4 Å². The molecule has 0 amide bonds. The minimum absolute atomic E-state index is 0.428. The Morgan fingerprint density at radius 2 is 2.20 bits per heavy atom. The van der Waals surface area contributed by atoms with Crippen LogP contribution >= 0.6 is 0 Å². The van der Waals surface area contributed by atoms with Gasteiger partial charge in [0.2, 0.25) is 0 Å². The van der Waals surface area contributed by atoms with E-state index in [1.807, 2.05) is 0 Å². The van der Waals surface area contributed by atoms with Crippen molar-refractivity contribution >= 4 is 5.97 Å². The lowest BCUT2D eigenvalue weighted by molar-refractivity contribution is -0.149. The summed E-state index contributed by atoms with van der Waals surface area (Å²) in [7, 11) is 0. The minimum atomic E-state index is -0.587. The molecule has 0 aliphatic heterocycles. The van der Waals surface area contributed by atoms with E-state index in [2.05, 4.69) is 6.92 Å². The van der Waals surface area contributed by atoms with Crippen LogP contribution < -0.4 is 0 Å². The molecular formula is C13H20O2. The van der Waals surface area contributed by atoms with Gasteiger partial charge in [-0.2, -0.15) is 0 Å². The average molecular weight is 208 g/mol. The molecule has 84 valence electrons. The molecule has 0 saturated heterocycles. The molecule has 15 heavy (non-hydrogen) atoms. The Morgan fingerprint density at radius 3 is 2.93 bits per heavy atom. The molecule has 0 heterocycles. The molecule has 2 unspecified atom stereocenters. The predicted molar refractivity (Wildman–Crippen MR) is 57.4 cm³/mol. The van der Waals surface area contributed by atoms with Crippen molar-refractivity contribution < 1.29 is 9.90 Å². The molecule has 3 aliphatic rings. The van der Waals surface area contributed by atoms with Gasteiger partial charge in [-0.15, -0.1) is 0 Å². The number of hydrogen-bond acceptors (Lipinski definition) is 1. The van der Waals surface area contributed by atoms with E-state index >= 15 is 0 Å². The molecule has 0 radical (unpaired) electrons. The molecule has 0 spiro atoms. The maximum absolute atomic E-state index is 10.9. The van der Waals surface area contributed by atoms with E-state index in [1.54, 1.807) is 0 Å². The van der Waals surface area contributed by atoms with Crippen LogP contribution in [0.2, 0.25) is 0 Å². The topological polar surface area (TPSA) is 37.3 Å². The van der Waals surface area contributed by atoms with Gasteiger partial charge >= 0.3 is 5.97 Å². The van der Waals surface area contributed by atoms with Gasteiger partial charge in [-0.1, -0.05) is 19.8 Å². The summed E-state index contributed by atoms with van der Waals surface area (Å²) >= 11 is 0. The van der Waals surface area contributed by atoms with Crippen LogP contribution in [0, 0.1) is 29.1 Å². The van der Waals surface area contributed by atoms with Gasteiger partial charge in [0.1, 0.15) is 0 Å². The third kappa shape index (κ3) is 1.20. The largest absolute Gasteiger partial charge is 0.481 e. The van der Waals surface area contributed by atoms with Gasteiger partial charge in [0, 0.05) is 6.42 Å². The highest BCUT2D eigenvalue weighted by molar-refractivity contribution is 5.67. The van der Waals surface area contributed by atoms with Crippen molar-refractivity contribution in [3.63, 3.8) is 0 Å². The number of aliphatic carboxylic acids is 1. The molecule has 0 aromatic heterocycles. The second-order valence-corrected chi connectivity index (χ2v) is 6.22. The zero-order valence-corrected chi connectivity index (χ0v) is 9.41. The fraction of sp³-hybridized carbons (Fsp3) is 0.923. The quantitative estimate of drug-likeness (QED) is 0.757. The maximum Gasteiger partial charge on any atom is 0.303 e. The van der Waals surface area contributed by atoms with Crippen molar-refractivity contribution in [3.05, 3.63) is 0 Å². The first-order valence-electron chi connectivity index (χ1n) is 6.33. The Labute approximate surface area is 91.1 Å². The van der Waals surface area contributed by atoms with Crippen molar-refractivity contribution in [2.24, 2.45) is 29.1 Å². The zero-order valence-electron chi connectivity index (χ0n) is 9.41. The molecule has 3 fully saturated rings. The van der Waals surface area contributed by atoms with Crippen molar-refractivity contribution in [2.75, 3.05) is 0 Å². The fourth-order valence-corrected chi connectivity index (χ4v) is 5.10. The van der Waals surface area contributed by atoms with E-state index in [1.165, 1.54) is 32.1 Å². The van der Waals surface area contributed by atoms with Gasteiger partial charge in [-0.05, 0) is 48.3 Å². The summed E-state index contributed by atoms with van der Waals surface area (Å²) in [5.74, 6) is 2.31. The van der Waals surface area contributed by atoms with Gasteiger partial charge in [0.15, 0.2) is 0 Å². The zero-order chi connectivity index (χ0) is 10.6. The van der Waals surface area contributed by atoms with Crippen LogP contribution in [0.25, 0.3) is 0 Å². The van der Waals surface area contributed by atoms with Crippen molar-refractivity contribution in [1.82, 2.24) is 0 Å². The summed E-state index contributed by atoms with van der Waals surface area (Å²) in [6.07, 6.45) is 7.18. The number of carboxylic acid groups (broad SMARTS) is 1. The van der Waals surface area contributed by atoms with E-state index in [0.717, 1.165) is 17.8 Å². The van der Waals surface area contributed by atoms with Crippen LogP contribution in [0.3, 0.4) is 0 Å². The van der Waals surface area contributed by atoms with Gasteiger partial charge in [0.25, 0.3) is 0 Å². The monoisotopic (exact) mass is 208 g/mol. The van der Waals surface area contributed by atoms with Crippen LogP contribution in [0.4, 0.5) is 0 Å². The highest BCUT2D eigenvalue weighted by Gasteiger charge is 2.63. The first kappa shape index (κ1) is 9.68. The van der Waals surface area contributed by atoms with Crippen LogP contribution in [0.5, 0.6) is 0 Å². The Hall–Kier alpha value is -0.530. The van der Waals surface area contributed by atoms with E-state index in [4.69, 9.17) is 5.11 Å². The second-order valence-electron chi connectivity index (χ2n) is 6.22. The molecule has 3 rings (SSSR count).